The van der Waals surface area contributed by atoms with Crippen molar-refractivity contribution in [3.05, 3.63) is 48.0 Å². The third-order valence-electron chi connectivity index (χ3n) is 3.67. The highest BCUT2D eigenvalue weighted by molar-refractivity contribution is 5.31. The van der Waals surface area contributed by atoms with Gasteiger partial charge in [-0.15, -0.1) is 0 Å². The van der Waals surface area contributed by atoms with E-state index < -0.39 is 0 Å². The fraction of sp³-hybridized carbons (Fsp3) is 0.471. The van der Waals surface area contributed by atoms with Gasteiger partial charge < -0.3 is 14.6 Å². The van der Waals surface area contributed by atoms with Crippen molar-refractivity contribution in [2.45, 2.75) is 39.3 Å². The molecule has 0 fully saturated rings. The Morgan fingerprint density at radius 2 is 2.19 bits per heavy atom. The molecule has 1 unspecified atom stereocenters. The Hall–Kier alpha value is -1.81. The summed E-state index contributed by atoms with van der Waals surface area (Å²) in [5.41, 5.74) is 1.24. The number of nitrogens with one attached hydrogen (secondary N) is 1. The van der Waals surface area contributed by atoms with Gasteiger partial charge in [-0.25, -0.2) is 4.98 Å². The summed E-state index contributed by atoms with van der Waals surface area (Å²) >= 11 is 0. The van der Waals surface area contributed by atoms with E-state index in [-0.39, 0.29) is 6.04 Å². The minimum atomic E-state index is 0.257. The number of ether oxygens (including phenoxy) is 1. The quantitative estimate of drug-likeness (QED) is 0.810. The second kappa shape index (κ2) is 7.84. The molecular weight excluding hydrogens is 262 g/mol. The number of rotatable bonds is 8. The maximum absolute atomic E-state index is 5.34. The molecule has 2 aromatic rings. The van der Waals surface area contributed by atoms with Gasteiger partial charge in [0.1, 0.15) is 11.6 Å². The fourth-order valence-corrected chi connectivity index (χ4v) is 2.49. The van der Waals surface area contributed by atoms with Gasteiger partial charge in [0, 0.05) is 31.4 Å². The zero-order valence-electron chi connectivity index (χ0n) is 13.2. The molecule has 21 heavy (non-hydrogen) atoms. The molecule has 1 heterocycles. The van der Waals surface area contributed by atoms with Gasteiger partial charge in [0.05, 0.1) is 7.11 Å². The van der Waals surface area contributed by atoms with Gasteiger partial charge in [-0.1, -0.05) is 19.1 Å². The van der Waals surface area contributed by atoms with Crippen LogP contribution in [0.25, 0.3) is 0 Å². The number of aryl methyl sites for hydroxylation is 1. The van der Waals surface area contributed by atoms with Crippen LogP contribution < -0.4 is 10.1 Å². The van der Waals surface area contributed by atoms with E-state index in [1.54, 1.807) is 7.11 Å². The van der Waals surface area contributed by atoms with Crippen LogP contribution in [0.4, 0.5) is 0 Å². The molecule has 2 rings (SSSR count). The van der Waals surface area contributed by atoms with Crippen molar-refractivity contribution >= 4 is 0 Å². The molecule has 0 aliphatic heterocycles. The standard InChI is InChI=1S/C17H25N3O/c1-4-9-18-16(13-17-19-10-11-20(17)5-2)14-7-6-8-15(12-14)21-3/h6-8,10-12,16,18H,4-5,9,13H2,1-3H3. The molecule has 4 nitrogen and oxygen atoms in total. The average Bonchev–Trinajstić information content (AvgIpc) is 2.98. The Bertz CT molecular complexity index is 550. The van der Waals surface area contributed by atoms with Crippen molar-refractivity contribution in [3.8, 4) is 5.75 Å². The Morgan fingerprint density at radius 1 is 1.33 bits per heavy atom. The first-order valence-corrected chi connectivity index (χ1v) is 7.65. The highest BCUT2D eigenvalue weighted by Crippen LogP contribution is 2.22. The molecular formula is C17H25N3O. The summed E-state index contributed by atoms with van der Waals surface area (Å²) in [7, 11) is 1.71. The topological polar surface area (TPSA) is 39.1 Å². The molecule has 0 amide bonds. The summed E-state index contributed by atoms with van der Waals surface area (Å²) in [6.45, 7) is 6.27. The number of imidazole rings is 1. The minimum absolute atomic E-state index is 0.257. The van der Waals surface area contributed by atoms with Crippen LogP contribution in [-0.2, 0) is 13.0 Å². The Kier molecular flexibility index (Phi) is 5.81. The summed E-state index contributed by atoms with van der Waals surface area (Å²) < 4.78 is 7.54. The zero-order valence-corrected chi connectivity index (χ0v) is 13.2. The summed E-state index contributed by atoms with van der Waals surface area (Å²) in [6.07, 6.45) is 5.91. The molecule has 0 radical (unpaired) electrons. The van der Waals surface area contributed by atoms with Crippen LogP contribution in [-0.4, -0.2) is 23.2 Å². The van der Waals surface area contributed by atoms with Crippen LogP contribution in [0.1, 0.15) is 37.7 Å². The molecule has 1 atom stereocenters. The molecule has 0 aliphatic rings. The normalized spacial score (nSPS) is 12.3. The van der Waals surface area contributed by atoms with E-state index in [1.165, 1.54) is 5.56 Å². The second-order valence-corrected chi connectivity index (χ2v) is 5.12. The van der Waals surface area contributed by atoms with Crippen molar-refractivity contribution in [2.75, 3.05) is 13.7 Å². The van der Waals surface area contributed by atoms with E-state index in [0.717, 1.165) is 37.5 Å². The number of methoxy groups -OCH3 is 1. The summed E-state index contributed by atoms with van der Waals surface area (Å²) in [5, 5.41) is 3.62. The maximum atomic E-state index is 5.34. The number of nitrogens with zero attached hydrogens (tertiary/aromatic N) is 2. The van der Waals surface area contributed by atoms with Crippen LogP contribution in [0.3, 0.4) is 0 Å². The smallest absolute Gasteiger partial charge is 0.119 e. The first kappa shape index (κ1) is 15.6. The first-order chi connectivity index (χ1) is 10.3. The van der Waals surface area contributed by atoms with Gasteiger partial charge in [0.2, 0.25) is 0 Å². The van der Waals surface area contributed by atoms with E-state index in [4.69, 9.17) is 4.74 Å². The van der Waals surface area contributed by atoms with Crippen LogP contribution in [0.5, 0.6) is 5.75 Å². The van der Waals surface area contributed by atoms with E-state index in [9.17, 15) is 0 Å². The van der Waals surface area contributed by atoms with Crippen molar-refractivity contribution in [1.82, 2.24) is 14.9 Å². The number of hydrogen-bond acceptors (Lipinski definition) is 3. The van der Waals surface area contributed by atoms with Crippen molar-refractivity contribution in [3.63, 3.8) is 0 Å². The van der Waals surface area contributed by atoms with Crippen molar-refractivity contribution in [1.29, 1.82) is 0 Å². The molecule has 0 saturated carbocycles. The molecule has 1 N–H and O–H groups in total. The summed E-state index contributed by atoms with van der Waals surface area (Å²) in [6, 6.07) is 8.53. The molecule has 1 aromatic carbocycles. The highest BCUT2D eigenvalue weighted by Gasteiger charge is 2.15. The Labute approximate surface area is 127 Å². The molecule has 0 aliphatic carbocycles. The van der Waals surface area contributed by atoms with Gasteiger partial charge in [0.15, 0.2) is 0 Å². The van der Waals surface area contributed by atoms with Crippen molar-refractivity contribution in [2.24, 2.45) is 0 Å². The highest BCUT2D eigenvalue weighted by atomic mass is 16.5. The third kappa shape index (κ3) is 4.08. The minimum Gasteiger partial charge on any atom is -0.497 e. The van der Waals surface area contributed by atoms with Gasteiger partial charge in [-0.2, -0.15) is 0 Å². The van der Waals surface area contributed by atoms with E-state index in [0.29, 0.717) is 0 Å². The predicted octanol–water partition coefficient (Wildman–Crippen LogP) is 3.20. The average molecular weight is 287 g/mol. The van der Waals surface area contributed by atoms with Gasteiger partial charge in [-0.05, 0) is 37.6 Å². The van der Waals surface area contributed by atoms with Crippen LogP contribution in [0.15, 0.2) is 36.7 Å². The number of hydrogen-bond donors (Lipinski definition) is 1. The number of aromatic nitrogens is 2. The van der Waals surface area contributed by atoms with Crippen LogP contribution >= 0.6 is 0 Å². The maximum Gasteiger partial charge on any atom is 0.119 e. The SMILES string of the molecule is CCCNC(Cc1nccn1CC)c1cccc(OC)c1. The van der Waals surface area contributed by atoms with E-state index in [2.05, 4.69) is 40.8 Å². The molecule has 114 valence electrons. The predicted molar refractivity (Wildman–Crippen MR) is 85.6 cm³/mol. The Morgan fingerprint density at radius 3 is 2.90 bits per heavy atom. The lowest BCUT2D eigenvalue weighted by molar-refractivity contribution is 0.412. The molecule has 4 heteroatoms. The monoisotopic (exact) mass is 287 g/mol. The lowest BCUT2D eigenvalue weighted by atomic mass is 10.0. The van der Waals surface area contributed by atoms with Gasteiger partial charge in [-0.3, -0.25) is 0 Å². The molecule has 0 bridgehead atoms. The summed E-state index contributed by atoms with van der Waals surface area (Å²) in [5.74, 6) is 2.02. The van der Waals surface area contributed by atoms with Gasteiger partial charge >= 0.3 is 0 Å². The molecule has 1 aromatic heterocycles. The van der Waals surface area contributed by atoms with Crippen LogP contribution in [0, 0.1) is 0 Å². The van der Waals surface area contributed by atoms with Gasteiger partial charge in [0.25, 0.3) is 0 Å². The third-order valence-corrected chi connectivity index (χ3v) is 3.67. The first-order valence-electron chi connectivity index (χ1n) is 7.65. The lowest BCUT2D eigenvalue weighted by Gasteiger charge is -2.20. The zero-order chi connectivity index (χ0) is 15.1. The largest absolute Gasteiger partial charge is 0.497 e. The number of benzene rings is 1. The molecule has 0 saturated heterocycles. The van der Waals surface area contributed by atoms with E-state index >= 15 is 0 Å². The fourth-order valence-electron chi connectivity index (χ4n) is 2.49. The lowest BCUT2D eigenvalue weighted by Crippen LogP contribution is -2.25. The van der Waals surface area contributed by atoms with Crippen LogP contribution in [0.2, 0.25) is 0 Å². The molecule has 0 spiro atoms. The van der Waals surface area contributed by atoms with Crippen molar-refractivity contribution < 1.29 is 4.74 Å². The van der Waals surface area contributed by atoms with E-state index in [1.807, 2.05) is 24.5 Å². The second-order valence-electron chi connectivity index (χ2n) is 5.12. The Balaban J connectivity index is 2.20. The summed E-state index contributed by atoms with van der Waals surface area (Å²) in [4.78, 5) is 4.49.